The van der Waals surface area contributed by atoms with Crippen LogP contribution >= 0.6 is 0 Å². The highest BCUT2D eigenvalue weighted by atomic mass is 16.3. The number of pyridine rings is 1. The van der Waals surface area contributed by atoms with E-state index in [0.717, 1.165) is 25.9 Å². The molecule has 3 rings (SSSR count). The molecular formula is C19H23N3O2. The second-order valence-corrected chi connectivity index (χ2v) is 6.19. The van der Waals surface area contributed by atoms with Gasteiger partial charge in [0, 0.05) is 37.7 Å². The molecule has 24 heavy (non-hydrogen) atoms. The minimum atomic E-state index is -1.09. The number of nitrogens with one attached hydrogen (secondary N) is 1. The lowest BCUT2D eigenvalue weighted by Gasteiger charge is -2.33. The summed E-state index contributed by atoms with van der Waals surface area (Å²) in [5.41, 5.74) is 1.83. The van der Waals surface area contributed by atoms with Crippen LogP contribution in [0.3, 0.4) is 0 Å². The molecule has 126 valence electrons. The number of carbonyl (C=O) groups excluding carboxylic acids is 1. The van der Waals surface area contributed by atoms with Crippen molar-refractivity contribution in [3.05, 3.63) is 60.4 Å². The van der Waals surface area contributed by atoms with Gasteiger partial charge in [-0.25, -0.2) is 0 Å². The predicted octanol–water partition coefficient (Wildman–Crippen LogP) is 2.15. The average Bonchev–Trinajstić information content (AvgIpc) is 2.67. The molecule has 0 saturated carbocycles. The molecule has 2 aromatic rings. The van der Waals surface area contributed by atoms with Gasteiger partial charge in [0.25, 0.3) is 5.91 Å². The van der Waals surface area contributed by atoms with E-state index >= 15 is 0 Å². The van der Waals surface area contributed by atoms with Crippen molar-refractivity contribution >= 4 is 11.6 Å². The Bertz CT molecular complexity index is 640. The first-order valence-electron chi connectivity index (χ1n) is 8.40. The molecular weight excluding hydrogens is 302 g/mol. The van der Waals surface area contributed by atoms with Gasteiger partial charge in [-0.15, -0.1) is 0 Å². The summed E-state index contributed by atoms with van der Waals surface area (Å²) < 4.78 is 0. The largest absolute Gasteiger partial charge is 0.378 e. The van der Waals surface area contributed by atoms with E-state index in [1.54, 1.807) is 12.1 Å². The van der Waals surface area contributed by atoms with Crippen molar-refractivity contribution in [3.63, 3.8) is 0 Å². The maximum absolute atomic E-state index is 12.1. The van der Waals surface area contributed by atoms with Gasteiger partial charge in [0.15, 0.2) is 6.10 Å². The van der Waals surface area contributed by atoms with Crippen molar-refractivity contribution in [1.82, 2.24) is 10.3 Å². The SMILES string of the molecule is O=C(NCC1CCN(c2ccncc2)CC1)C(O)c1ccccc1. The highest BCUT2D eigenvalue weighted by Gasteiger charge is 2.22. The number of hydrogen-bond donors (Lipinski definition) is 2. The van der Waals surface area contributed by atoms with Crippen molar-refractivity contribution in [2.24, 2.45) is 5.92 Å². The summed E-state index contributed by atoms with van der Waals surface area (Å²) in [6.45, 7) is 2.57. The fourth-order valence-corrected chi connectivity index (χ4v) is 3.08. The molecule has 2 heterocycles. The number of amides is 1. The first-order chi connectivity index (χ1) is 11.7. The zero-order valence-electron chi connectivity index (χ0n) is 13.6. The van der Waals surface area contributed by atoms with E-state index in [0.29, 0.717) is 18.0 Å². The molecule has 1 aromatic heterocycles. The molecule has 1 atom stereocenters. The van der Waals surface area contributed by atoms with Crippen molar-refractivity contribution in [3.8, 4) is 0 Å². The van der Waals surface area contributed by atoms with Crippen LogP contribution in [0.15, 0.2) is 54.9 Å². The van der Waals surface area contributed by atoms with E-state index in [9.17, 15) is 9.90 Å². The Morgan fingerprint density at radius 1 is 1.17 bits per heavy atom. The summed E-state index contributed by atoms with van der Waals surface area (Å²) in [7, 11) is 0. The number of carbonyl (C=O) groups is 1. The highest BCUT2D eigenvalue weighted by molar-refractivity contribution is 5.81. The number of aromatic nitrogens is 1. The number of nitrogens with zero attached hydrogens (tertiary/aromatic N) is 2. The summed E-state index contributed by atoms with van der Waals surface area (Å²) in [5.74, 6) is 0.132. The number of aliphatic hydroxyl groups is 1. The monoisotopic (exact) mass is 325 g/mol. The molecule has 0 aliphatic carbocycles. The maximum Gasteiger partial charge on any atom is 0.253 e. The van der Waals surface area contributed by atoms with Crippen molar-refractivity contribution in [2.45, 2.75) is 18.9 Å². The van der Waals surface area contributed by atoms with E-state index in [1.807, 2.05) is 42.7 Å². The Balaban J connectivity index is 1.44. The van der Waals surface area contributed by atoms with Crippen LogP contribution in [-0.4, -0.2) is 35.6 Å². The molecule has 1 fully saturated rings. The van der Waals surface area contributed by atoms with Crippen LogP contribution in [0.4, 0.5) is 5.69 Å². The Labute approximate surface area is 142 Å². The molecule has 0 spiro atoms. The zero-order chi connectivity index (χ0) is 16.8. The van der Waals surface area contributed by atoms with E-state index in [-0.39, 0.29) is 5.91 Å². The molecule has 1 saturated heterocycles. The van der Waals surface area contributed by atoms with E-state index in [2.05, 4.69) is 15.2 Å². The van der Waals surface area contributed by atoms with Crippen LogP contribution in [0.2, 0.25) is 0 Å². The number of rotatable bonds is 5. The van der Waals surface area contributed by atoms with Crippen molar-refractivity contribution in [1.29, 1.82) is 0 Å². The third-order valence-corrected chi connectivity index (χ3v) is 4.57. The Morgan fingerprint density at radius 2 is 1.83 bits per heavy atom. The van der Waals surface area contributed by atoms with Crippen LogP contribution in [0, 0.1) is 5.92 Å². The van der Waals surface area contributed by atoms with Gasteiger partial charge in [0.05, 0.1) is 0 Å². The number of aliphatic hydroxyl groups excluding tert-OH is 1. The van der Waals surface area contributed by atoms with Gasteiger partial charge in [-0.2, -0.15) is 0 Å². The second-order valence-electron chi connectivity index (χ2n) is 6.19. The van der Waals surface area contributed by atoms with Gasteiger partial charge < -0.3 is 15.3 Å². The summed E-state index contributed by atoms with van der Waals surface area (Å²) in [4.78, 5) is 18.5. The van der Waals surface area contributed by atoms with Crippen molar-refractivity contribution in [2.75, 3.05) is 24.5 Å². The average molecular weight is 325 g/mol. The summed E-state index contributed by atoms with van der Waals surface area (Å²) in [6.07, 6.45) is 4.59. The van der Waals surface area contributed by atoms with E-state index < -0.39 is 6.10 Å². The first kappa shape index (κ1) is 16.5. The molecule has 5 heteroatoms. The molecule has 1 aliphatic heterocycles. The van der Waals surface area contributed by atoms with Crippen molar-refractivity contribution < 1.29 is 9.90 Å². The second kappa shape index (κ2) is 7.93. The lowest BCUT2D eigenvalue weighted by atomic mass is 9.96. The van der Waals surface area contributed by atoms with Crippen LogP contribution in [0.5, 0.6) is 0 Å². The third-order valence-electron chi connectivity index (χ3n) is 4.57. The standard InChI is InChI=1S/C19H23N3O2/c23-18(16-4-2-1-3-5-16)19(24)21-14-15-8-12-22(13-9-15)17-6-10-20-11-7-17/h1-7,10-11,15,18,23H,8-9,12-14H2,(H,21,24). The molecule has 1 amide bonds. The Hall–Kier alpha value is -2.40. The van der Waals surface area contributed by atoms with E-state index in [1.165, 1.54) is 5.69 Å². The normalized spacial score (nSPS) is 16.6. The molecule has 1 aliphatic rings. The first-order valence-corrected chi connectivity index (χ1v) is 8.40. The van der Waals surface area contributed by atoms with Crippen LogP contribution in [0.25, 0.3) is 0 Å². The topological polar surface area (TPSA) is 65.5 Å². The summed E-state index contributed by atoms with van der Waals surface area (Å²) in [5, 5.41) is 13.0. The highest BCUT2D eigenvalue weighted by Crippen LogP contribution is 2.22. The number of hydrogen-bond acceptors (Lipinski definition) is 4. The van der Waals surface area contributed by atoms with Gasteiger partial charge in [0.2, 0.25) is 0 Å². The summed E-state index contributed by atoms with van der Waals surface area (Å²) in [6, 6.07) is 13.1. The lowest BCUT2D eigenvalue weighted by molar-refractivity contribution is -0.129. The quantitative estimate of drug-likeness (QED) is 0.884. The molecule has 0 bridgehead atoms. The van der Waals surface area contributed by atoms with Gasteiger partial charge in [-0.3, -0.25) is 9.78 Å². The Morgan fingerprint density at radius 3 is 2.50 bits per heavy atom. The summed E-state index contributed by atoms with van der Waals surface area (Å²) >= 11 is 0. The van der Waals surface area contributed by atoms with Gasteiger partial charge in [0.1, 0.15) is 0 Å². The molecule has 2 N–H and O–H groups in total. The Kier molecular flexibility index (Phi) is 5.43. The minimum absolute atomic E-state index is 0.322. The molecule has 5 nitrogen and oxygen atoms in total. The smallest absolute Gasteiger partial charge is 0.253 e. The fourth-order valence-electron chi connectivity index (χ4n) is 3.08. The van der Waals surface area contributed by atoms with Gasteiger partial charge in [-0.05, 0) is 36.5 Å². The van der Waals surface area contributed by atoms with Crippen LogP contribution < -0.4 is 10.2 Å². The number of benzene rings is 1. The maximum atomic E-state index is 12.1. The van der Waals surface area contributed by atoms with Crippen LogP contribution in [-0.2, 0) is 4.79 Å². The number of anilines is 1. The van der Waals surface area contributed by atoms with Gasteiger partial charge in [-0.1, -0.05) is 30.3 Å². The molecule has 0 radical (unpaired) electrons. The van der Waals surface area contributed by atoms with Crippen LogP contribution in [0.1, 0.15) is 24.5 Å². The molecule has 1 aromatic carbocycles. The lowest BCUT2D eigenvalue weighted by Crippen LogP contribution is -2.39. The minimum Gasteiger partial charge on any atom is -0.378 e. The fraction of sp³-hybridized carbons (Fsp3) is 0.368. The van der Waals surface area contributed by atoms with Gasteiger partial charge >= 0.3 is 0 Å². The molecule has 1 unspecified atom stereocenters. The van der Waals surface area contributed by atoms with E-state index in [4.69, 9.17) is 0 Å². The predicted molar refractivity (Wildman–Crippen MR) is 93.6 cm³/mol. The third kappa shape index (κ3) is 4.11. The zero-order valence-corrected chi connectivity index (χ0v) is 13.6. The number of piperidine rings is 1.